The molecular formula is C30H39GeO3PS2. The average Bonchev–Trinajstić information content (AvgIpc) is 2.93. The second kappa shape index (κ2) is 10.5. The van der Waals surface area contributed by atoms with Crippen molar-refractivity contribution >= 4 is 53.5 Å². The molecule has 3 unspecified atom stereocenters. The molecule has 37 heavy (non-hydrogen) atoms. The van der Waals surface area contributed by atoms with E-state index in [2.05, 4.69) is 128 Å². The summed E-state index contributed by atoms with van der Waals surface area (Å²) in [5, 5.41) is 12.4. The molecule has 0 aromatic heterocycles. The van der Waals surface area contributed by atoms with E-state index >= 15 is 0 Å². The van der Waals surface area contributed by atoms with E-state index in [-0.39, 0.29) is 23.0 Å². The first-order chi connectivity index (χ1) is 17.2. The Morgan fingerprint density at radius 2 is 1.22 bits per heavy atom. The van der Waals surface area contributed by atoms with E-state index in [0.29, 0.717) is 5.75 Å². The number of hydrogen-bond acceptors (Lipinski definition) is 5. The van der Waals surface area contributed by atoms with Crippen molar-refractivity contribution in [3.05, 3.63) is 83.9 Å². The summed E-state index contributed by atoms with van der Waals surface area (Å²) in [4.78, 5) is 0. The summed E-state index contributed by atoms with van der Waals surface area (Å²) in [6.07, 6.45) is -0.276. The van der Waals surface area contributed by atoms with Gasteiger partial charge in [-0.1, -0.05) is 0 Å². The molecule has 3 nitrogen and oxygen atoms in total. The van der Waals surface area contributed by atoms with Gasteiger partial charge in [-0.05, 0) is 0 Å². The molecule has 7 heteroatoms. The van der Waals surface area contributed by atoms with Gasteiger partial charge < -0.3 is 0 Å². The van der Waals surface area contributed by atoms with Crippen LogP contribution in [0, 0.1) is 0 Å². The Balaban J connectivity index is 2.03. The van der Waals surface area contributed by atoms with Gasteiger partial charge >= 0.3 is 235 Å². The monoisotopic (exact) mass is 616 g/mol. The quantitative estimate of drug-likeness (QED) is 0.261. The van der Waals surface area contributed by atoms with Gasteiger partial charge in [-0.2, -0.15) is 0 Å². The van der Waals surface area contributed by atoms with Crippen molar-refractivity contribution < 1.29 is 13.4 Å². The van der Waals surface area contributed by atoms with Crippen LogP contribution in [0.25, 0.3) is 0 Å². The van der Waals surface area contributed by atoms with E-state index in [1.165, 1.54) is 8.79 Å². The third-order valence-electron chi connectivity index (χ3n) is 6.90. The Hall–Kier alpha value is -1.08. The van der Waals surface area contributed by atoms with Crippen molar-refractivity contribution in [2.75, 3.05) is 0 Å². The fraction of sp³-hybridized carbons (Fsp3) is 0.400. The predicted octanol–water partition coefficient (Wildman–Crippen LogP) is 6.74. The Labute approximate surface area is 233 Å². The van der Waals surface area contributed by atoms with Crippen LogP contribution in [0.4, 0.5) is 0 Å². The summed E-state index contributed by atoms with van der Waals surface area (Å²) in [7, 11) is 1.80. The first-order valence-corrected chi connectivity index (χ1v) is 22.5. The number of aromatic hydroxyl groups is 1. The Bertz CT molecular complexity index is 1230. The van der Waals surface area contributed by atoms with Gasteiger partial charge in [0.2, 0.25) is 0 Å². The molecule has 3 aromatic rings. The van der Waals surface area contributed by atoms with Crippen LogP contribution in [0.3, 0.4) is 0 Å². The van der Waals surface area contributed by atoms with E-state index in [1.54, 1.807) is 9.71 Å². The van der Waals surface area contributed by atoms with Crippen molar-refractivity contribution in [3.63, 3.8) is 0 Å². The first kappa shape index (κ1) is 28.9. The van der Waals surface area contributed by atoms with Crippen molar-refractivity contribution in [1.29, 1.82) is 0 Å². The normalized spacial score (nSPS) is 24.4. The fourth-order valence-corrected chi connectivity index (χ4v) is 36.9. The number of phenolic OH excluding ortho intramolecular Hbond substituents is 1. The van der Waals surface area contributed by atoms with Gasteiger partial charge in [0.15, 0.2) is 0 Å². The molecule has 0 bridgehead atoms. The average molecular weight is 615 g/mol. The fourth-order valence-electron chi connectivity index (χ4n) is 4.63. The SMILES string of the molecule is CC1OP(=S)(c2cc(C(C)(C)C)c(O)c(C(C)(C)C)c2)[S][Ge]([c]2ccccc2)([c]2ccccc2)[O]C1C. The number of rotatable bonds is 3. The molecule has 0 saturated carbocycles. The molecule has 0 radical (unpaired) electrons. The van der Waals surface area contributed by atoms with Crippen LogP contribution in [-0.2, 0) is 30.9 Å². The van der Waals surface area contributed by atoms with Crippen molar-refractivity contribution in [2.24, 2.45) is 0 Å². The molecule has 3 aromatic carbocycles. The zero-order chi connectivity index (χ0) is 27.2. The Kier molecular flexibility index (Phi) is 8.19. The summed E-state index contributed by atoms with van der Waals surface area (Å²) in [5.74, 6) is 0.363. The van der Waals surface area contributed by atoms with Crippen LogP contribution in [0.15, 0.2) is 72.8 Å². The van der Waals surface area contributed by atoms with Crippen LogP contribution in [-0.4, -0.2) is 29.8 Å². The summed E-state index contributed by atoms with van der Waals surface area (Å²) < 4.78 is 16.5. The standard InChI is InChI=1S/C30H39GeO3PS2/c1-21-22(2)34-35(36,25-19-26(29(3,4)5)28(32)27(20-25)30(6,7)8)37-31(33-21,23-15-11-9-12-16-23)24-17-13-10-14-18-24/h9-22,32H,1-8H3. The van der Waals surface area contributed by atoms with Gasteiger partial charge in [0.05, 0.1) is 0 Å². The molecule has 0 spiro atoms. The van der Waals surface area contributed by atoms with Gasteiger partial charge in [-0.3, -0.25) is 0 Å². The van der Waals surface area contributed by atoms with Gasteiger partial charge in [-0.15, -0.1) is 0 Å². The van der Waals surface area contributed by atoms with Gasteiger partial charge in [-0.25, -0.2) is 0 Å². The molecule has 1 aliphatic rings. The van der Waals surface area contributed by atoms with E-state index in [4.69, 9.17) is 20.1 Å². The summed E-state index contributed by atoms with van der Waals surface area (Å²) in [5.41, 5.74) is -1.36. The maximum absolute atomic E-state index is 11.4. The molecule has 1 saturated heterocycles. The van der Waals surface area contributed by atoms with E-state index in [9.17, 15) is 5.11 Å². The summed E-state index contributed by atoms with van der Waals surface area (Å²) in [6, 6.07) is 25.5. The van der Waals surface area contributed by atoms with Crippen molar-refractivity contribution in [3.8, 4) is 5.75 Å². The maximum atomic E-state index is 11.4. The Morgan fingerprint density at radius 3 is 1.62 bits per heavy atom. The topological polar surface area (TPSA) is 38.7 Å². The molecule has 0 amide bonds. The third-order valence-corrected chi connectivity index (χ3v) is 34.1. The van der Waals surface area contributed by atoms with Crippen LogP contribution in [0.2, 0.25) is 0 Å². The van der Waals surface area contributed by atoms with Crippen LogP contribution in [0.5, 0.6) is 5.75 Å². The molecule has 1 fully saturated rings. The van der Waals surface area contributed by atoms with Gasteiger partial charge in [0.1, 0.15) is 0 Å². The molecule has 1 aliphatic heterocycles. The van der Waals surface area contributed by atoms with E-state index in [1.807, 2.05) is 0 Å². The van der Waals surface area contributed by atoms with E-state index < -0.39 is 17.9 Å². The number of hydrogen-bond donors (Lipinski definition) is 1. The van der Waals surface area contributed by atoms with Crippen LogP contribution in [0.1, 0.15) is 66.5 Å². The molecule has 1 N–H and O–H groups in total. The third kappa shape index (κ3) is 5.78. The molecule has 1 heterocycles. The predicted molar refractivity (Wildman–Crippen MR) is 166 cm³/mol. The van der Waals surface area contributed by atoms with Crippen molar-refractivity contribution in [2.45, 2.75) is 78.4 Å². The Morgan fingerprint density at radius 1 is 0.784 bits per heavy atom. The molecule has 0 aliphatic carbocycles. The molecular weight excluding hydrogens is 576 g/mol. The molecule has 198 valence electrons. The zero-order valence-electron chi connectivity index (χ0n) is 23.1. The van der Waals surface area contributed by atoms with Gasteiger partial charge in [0, 0.05) is 0 Å². The van der Waals surface area contributed by atoms with Crippen LogP contribution >= 0.6 is 15.2 Å². The van der Waals surface area contributed by atoms with Crippen molar-refractivity contribution in [1.82, 2.24) is 0 Å². The van der Waals surface area contributed by atoms with Crippen LogP contribution < -0.4 is 14.1 Å². The second-order valence-electron chi connectivity index (χ2n) is 12.0. The second-order valence-corrected chi connectivity index (χ2v) is 30.1. The zero-order valence-corrected chi connectivity index (χ0v) is 27.7. The number of phenols is 1. The summed E-state index contributed by atoms with van der Waals surface area (Å²) in [6.45, 7) is 17.0. The number of benzene rings is 3. The first-order valence-electron chi connectivity index (χ1n) is 12.8. The van der Waals surface area contributed by atoms with Gasteiger partial charge in [0.25, 0.3) is 0 Å². The molecule has 4 rings (SSSR count). The minimum atomic E-state index is -3.58. The van der Waals surface area contributed by atoms with E-state index in [0.717, 1.165) is 16.4 Å². The summed E-state index contributed by atoms with van der Waals surface area (Å²) >= 11 is 3.05. The minimum absolute atomic E-state index is 0.112. The molecule has 3 atom stereocenters.